The number of rotatable bonds is 4. The molecule has 0 saturated carbocycles. The minimum atomic E-state index is -0.440. The SMILES string of the molecule is COC(=O)c1ccc(CN2CCc3sccc3[C@@H]2c2ccccc2)o1. The average molecular weight is 353 g/mol. The normalized spacial score (nSPS) is 17.2. The van der Waals surface area contributed by atoms with E-state index in [-0.39, 0.29) is 11.8 Å². The highest BCUT2D eigenvalue weighted by atomic mass is 32.1. The molecule has 0 spiro atoms. The van der Waals surface area contributed by atoms with E-state index >= 15 is 0 Å². The van der Waals surface area contributed by atoms with E-state index in [0.29, 0.717) is 6.54 Å². The van der Waals surface area contributed by atoms with Gasteiger partial charge in [0.25, 0.3) is 0 Å². The summed E-state index contributed by atoms with van der Waals surface area (Å²) >= 11 is 1.83. The molecule has 0 amide bonds. The van der Waals surface area contributed by atoms with Crippen LogP contribution in [0.3, 0.4) is 0 Å². The first kappa shape index (κ1) is 16.1. The van der Waals surface area contributed by atoms with Gasteiger partial charge in [0.2, 0.25) is 5.76 Å². The van der Waals surface area contributed by atoms with E-state index in [4.69, 9.17) is 9.15 Å². The van der Waals surface area contributed by atoms with Crippen molar-refractivity contribution in [3.05, 3.63) is 81.4 Å². The lowest BCUT2D eigenvalue weighted by atomic mass is 9.93. The van der Waals surface area contributed by atoms with Crippen LogP contribution in [0.15, 0.2) is 58.3 Å². The fourth-order valence-electron chi connectivity index (χ4n) is 3.44. The Kier molecular flexibility index (Phi) is 4.42. The van der Waals surface area contributed by atoms with E-state index in [9.17, 15) is 4.79 Å². The van der Waals surface area contributed by atoms with Gasteiger partial charge in [-0.15, -0.1) is 11.3 Å². The summed E-state index contributed by atoms with van der Waals surface area (Å²) in [5.74, 6) is 0.589. The third-order valence-corrected chi connectivity index (χ3v) is 5.58. The van der Waals surface area contributed by atoms with Gasteiger partial charge >= 0.3 is 5.97 Å². The molecule has 25 heavy (non-hydrogen) atoms. The molecular formula is C20H19NO3S. The lowest BCUT2D eigenvalue weighted by molar-refractivity contribution is 0.0560. The molecule has 0 radical (unpaired) electrons. The van der Waals surface area contributed by atoms with Crippen molar-refractivity contribution in [3.8, 4) is 0 Å². The highest BCUT2D eigenvalue weighted by molar-refractivity contribution is 7.10. The number of benzene rings is 1. The third kappa shape index (κ3) is 3.13. The van der Waals surface area contributed by atoms with Crippen LogP contribution in [0.4, 0.5) is 0 Å². The molecule has 1 aromatic carbocycles. The summed E-state index contributed by atoms with van der Waals surface area (Å²) in [4.78, 5) is 15.5. The van der Waals surface area contributed by atoms with Crippen molar-refractivity contribution in [1.82, 2.24) is 4.90 Å². The molecule has 2 aromatic heterocycles. The number of hydrogen-bond donors (Lipinski definition) is 0. The van der Waals surface area contributed by atoms with Crippen LogP contribution in [0.2, 0.25) is 0 Å². The minimum absolute atomic E-state index is 0.211. The molecular weight excluding hydrogens is 334 g/mol. The maximum Gasteiger partial charge on any atom is 0.373 e. The lowest BCUT2D eigenvalue weighted by Crippen LogP contribution is -2.34. The zero-order valence-corrected chi connectivity index (χ0v) is 14.8. The van der Waals surface area contributed by atoms with Gasteiger partial charge in [-0.25, -0.2) is 4.79 Å². The monoisotopic (exact) mass is 353 g/mol. The number of nitrogens with zero attached hydrogens (tertiary/aromatic N) is 1. The second-order valence-corrected chi connectivity index (χ2v) is 7.09. The number of furan rings is 1. The fourth-order valence-corrected chi connectivity index (χ4v) is 4.34. The van der Waals surface area contributed by atoms with E-state index in [0.717, 1.165) is 18.7 Å². The van der Waals surface area contributed by atoms with E-state index in [1.165, 1.54) is 23.1 Å². The summed E-state index contributed by atoms with van der Waals surface area (Å²) in [7, 11) is 1.36. The average Bonchev–Trinajstić information content (AvgIpc) is 3.31. The summed E-state index contributed by atoms with van der Waals surface area (Å²) in [5.41, 5.74) is 2.66. The molecule has 5 heteroatoms. The van der Waals surface area contributed by atoms with E-state index in [1.54, 1.807) is 6.07 Å². The van der Waals surface area contributed by atoms with Crippen LogP contribution in [0.25, 0.3) is 0 Å². The molecule has 128 valence electrons. The first-order valence-electron chi connectivity index (χ1n) is 8.28. The zero-order chi connectivity index (χ0) is 17.2. The van der Waals surface area contributed by atoms with Crippen LogP contribution in [0.5, 0.6) is 0 Å². The second-order valence-electron chi connectivity index (χ2n) is 6.09. The van der Waals surface area contributed by atoms with Crippen molar-refractivity contribution in [2.24, 2.45) is 0 Å². The van der Waals surface area contributed by atoms with Crippen molar-refractivity contribution in [2.75, 3.05) is 13.7 Å². The van der Waals surface area contributed by atoms with Crippen LogP contribution in [0.1, 0.15) is 38.4 Å². The number of ether oxygens (including phenoxy) is 1. The number of esters is 1. The molecule has 0 fully saturated rings. The Labute approximate surface area is 150 Å². The third-order valence-electron chi connectivity index (χ3n) is 4.59. The number of methoxy groups -OCH3 is 1. The van der Waals surface area contributed by atoms with E-state index < -0.39 is 5.97 Å². The molecule has 0 N–H and O–H groups in total. The van der Waals surface area contributed by atoms with Crippen molar-refractivity contribution in [3.63, 3.8) is 0 Å². The Bertz CT molecular complexity index is 868. The molecule has 0 bridgehead atoms. The van der Waals surface area contributed by atoms with Crippen molar-refractivity contribution in [2.45, 2.75) is 19.0 Å². The zero-order valence-electron chi connectivity index (χ0n) is 14.0. The molecule has 3 heterocycles. The van der Waals surface area contributed by atoms with Crippen molar-refractivity contribution >= 4 is 17.3 Å². The molecule has 4 rings (SSSR count). The standard InChI is InChI=1S/C20H19NO3S/c1-23-20(22)17-8-7-15(24-17)13-21-11-9-18-16(10-12-25-18)19(21)14-5-3-2-4-6-14/h2-8,10,12,19H,9,11,13H2,1H3/t19-/m0/s1. The van der Waals surface area contributed by atoms with Gasteiger partial charge in [-0.05, 0) is 41.1 Å². The Morgan fingerprint density at radius 3 is 2.88 bits per heavy atom. The summed E-state index contributed by atoms with van der Waals surface area (Å²) in [5, 5.41) is 2.17. The first-order valence-corrected chi connectivity index (χ1v) is 9.16. The van der Waals surface area contributed by atoms with Gasteiger partial charge in [0.05, 0.1) is 19.7 Å². The van der Waals surface area contributed by atoms with Crippen LogP contribution in [0, 0.1) is 0 Å². The highest BCUT2D eigenvalue weighted by Crippen LogP contribution is 2.38. The molecule has 1 aliphatic rings. The quantitative estimate of drug-likeness (QED) is 0.657. The first-order chi connectivity index (χ1) is 12.3. The molecule has 0 unspecified atom stereocenters. The molecule has 0 saturated heterocycles. The molecule has 4 nitrogen and oxygen atoms in total. The van der Waals surface area contributed by atoms with Crippen LogP contribution in [-0.2, 0) is 17.7 Å². The topological polar surface area (TPSA) is 42.7 Å². The van der Waals surface area contributed by atoms with E-state index in [1.807, 2.05) is 23.5 Å². The van der Waals surface area contributed by atoms with Gasteiger partial charge in [0.1, 0.15) is 5.76 Å². The van der Waals surface area contributed by atoms with Gasteiger partial charge < -0.3 is 9.15 Å². The lowest BCUT2D eigenvalue weighted by Gasteiger charge is -2.35. The number of carbonyl (C=O) groups excluding carboxylic acids is 1. The maximum atomic E-state index is 11.6. The predicted molar refractivity (Wildman–Crippen MR) is 96.8 cm³/mol. The number of fused-ring (bicyclic) bond motifs is 1. The Balaban J connectivity index is 1.64. The molecule has 3 aromatic rings. The molecule has 1 atom stereocenters. The van der Waals surface area contributed by atoms with Gasteiger partial charge in [0, 0.05) is 11.4 Å². The molecule has 1 aliphatic heterocycles. The van der Waals surface area contributed by atoms with E-state index in [2.05, 4.69) is 40.6 Å². The van der Waals surface area contributed by atoms with Gasteiger partial charge in [0.15, 0.2) is 0 Å². The number of thiophene rings is 1. The largest absolute Gasteiger partial charge is 0.463 e. The number of carbonyl (C=O) groups is 1. The van der Waals surface area contributed by atoms with Crippen molar-refractivity contribution < 1.29 is 13.9 Å². The second kappa shape index (κ2) is 6.86. The number of hydrogen-bond acceptors (Lipinski definition) is 5. The summed E-state index contributed by atoms with van der Waals surface area (Å²) in [6, 6.07) is 16.5. The Hall–Kier alpha value is -2.37. The van der Waals surface area contributed by atoms with Crippen molar-refractivity contribution in [1.29, 1.82) is 0 Å². The summed E-state index contributed by atoms with van der Waals surface area (Å²) in [6.45, 7) is 1.62. The Morgan fingerprint density at radius 1 is 1.24 bits per heavy atom. The fraction of sp³-hybridized carbons (Fsp3) is 0.250. The van der Waals surface area contributed by atoms with Gasteiger partial charge in [-0.1, -0.05) is 30.3 Å². The predicted octanol–water partition coefficient (Wildman–Crippen LogP) is 4.28. The minimum Gasteiger partial charge on any atom is -0.463 e. The smallest absolute Gasteiger partial charge is 0.373 e. The molecule has 0 aliphatic carbocycles. The summed E-state index contributed by atoms with van der Waals surface area (Å²) < 4.78 is 10.4. The van der Waals surface area contributed by atoms with Crippen LogP contribution >= 0.6 is 11.3 Å². The maximum absolute atomic E-state index is 11.6. The van der Waals surface area contributed by atoms with Gasteiger partial charge in [-0.2, -0.15) is 0 Å². The van der Waals surface area contributed by atoms with Crippen LogP contribution in [-0.4, -0.2) is 24.5 Å². The summed E-state index contributed by atoms with van der Waals surface area (Å²) in [6.07, 6.45) is 1.04. The van der Waals surface area contributed by atoms with Gasteiger partial charge in [-0.3, -0.25) is 4.90 Å². The van der Waals surface area contributed by atoms with Crippen LogP contribution < -0.4 is 0 Å². The highest BCUT2D eigenvalue weighted by Gasteiger charge is 2.30. The Morgan fingerprint density at radius 2 is 2.08 bits per heavy atom.